The van der Waals surface area contributed by atoms with Gasteiger partial charge in [-0.05, 0) is 36.4 Å². The van der Waals surface area contributed by atoms with E-state index in [2.05, 4.69) is 15.6 Å². The number of fused-ring (bicyclic) bond motifs is 1. The third-order valence-electron chi connectivity index (χ3n) is 4.07. The second kappa shape index (κ2) is 7.66. The predicted molar refractivity (Wildman–Crippen MR) is 106 cm³/mol. The number of pyridine rings is 1. The van der Waals surface area contributed by atoms with E-state index in [1.54, 1.807) is 30.5 Å². The van der Waals surface area contributed by atoms with Crippen LogP contribution in [0.3, 0.4) is 0 Å². The number of carbonyl (C=O) groups is 1. The number of halogens is 1. The van der Waals surface area contributed by atoms with Crippen molar-refractivity contribution in [1.29, 1.82) is 0 Å². The molecule has 2 aromatic carbocycles. The standard InChI is InChI=1S/C20H16ClN3O4/c1-26-17-4-2-13(7-16(17)21)24-20(25)12-6-15(10-22-9-12)23-14-3-5-18-19(8-14)28-11-27-18/h2-10,23H,11H2,1H3,(H,24,25). The summed E-state index contributed by atoms with van der Waals surface area (Å²) < 4.78 is 15.8. The van der Waals surface area contributed by atoms with Crippen molar-refractivity contribution in [3.05, 3.63) is 65.4 Å². The Balaban J connectivity index is 1.48. The van der Waals surface area contributed by atoms with Crippen LogP contribution in [0.5, 0.6) is 17.2 Å². The van der Waals surface area contributed by atoms with Gasteiger partial charge in [0, 0.05) is 23.6 Å². The van der Waals surface area contributed by atoms with E-state index in [9.17, 15) is 4.79 Å². The summed E-state index contributed by atoms with van der Waals surface area (Å²) in [5.41, 5.74) is 2.42. The van der Waals surface area contributed by atoms with Crippen LogP contribution >= 0.6 is 11.6 Å². The molecule has 1 aliphatic heterocycles. The zero-order valence-electron chi connectivity index (χ0n) is 14.9. The van der Waals surface area contributed by atoms with Gasteiger partial charge in [-0.15, -0.1) is 0 Å². The highest BCUT2D eigenvalue weighted by atomic mass is 35.5. The zero-order chi connectivity index (χ0) is 19.5. The maximum atomic E-state index is 12.5. The molecule has 0 saturated heterocycles. The summed E-state index contributed by atoms with van der Waals surface area (Å²) in [6.45, 7) is 0.214. The van der Waals surface area contributed by atoms with Gasteiger partial charge in [0.1, 0.15) is 5.75 Å². The Bertz CT molecular complexity index is 1040. The molecule has 28 heavy (non-hydrogen) atoms. The lowest BCUT2D eigenvalue weighted by molar-refractivity contribution is 0.102. The molecule has 142 valence electrons. The number of aromatic nitrogens is 1. The molecule has 0 spiro atoms. The molecule has 7 nitrogen and oxygen atoms in total. The van der Waals surface area contributed by atoms with Crippen molar-refractivity contribution in [2.24, 2.45) is 0 Å². The van der Waals surface area contributed by atoms with Crippen molar-refractivity contribution in [3.63, 3.8) is 0 Å². The summed E-state index contributed by atoms with van der Waals surface area (Å²) in [7, 11) is 1.53. The maximum absolute atomic E-state index is 12.5. The molecule has 1 amide bonds. The second-order valence-electron chi connectivity index (χ2n) is 5.96. The number of nitrogens with zero attached hydrogens (tertiary/aromatic N) is 1. The molecular weight excluding hydrogens is 382 g/mol. The fraction of sp³-hybridized carbons (Fsp3) is 0.100. The zero-order valence-corrected chi connectivity index (χ0v) is 15.6. The first kappa shape index (κ1) is 17.9. The summed E-state index contributed by atoms with van der Waals surface area (Å²) in [6.07, 6.45) is 3.12. The first-order chi connectivity index (χ1) is 13.6. The van der Waals surface area contributed by atoms with Crippen LogP contribution in [-0.2, 0) is 0 Å². The lowest BCUT2D eigenvalue weighted by atomic mass is 10.2. The molecule has 0 radical (unpaired) electrons. The number of hydrogen-bond acceptors (Lipinski definition) is 6. The lowest BCUT2D eigenvalue weighted by Crippen LogP contribution is -2.12. The fourth-order valence-electron chi connectivity index (χ4n) is 2.72. The number of carbonyl (C=O) groups excluding carboxylic acids is 1. The summed E-state index contributed by atoms with van der Waals surface area (Å²) in [6, 6.07) is 12.2. The molecule has 8 heteroatoms. The van der Waals surface area contributed by atoms with Crippen LogP contribution in [0.15, 0.2) is 54.9 Å². The molecule has 0 aliphatic carbocycles. The third kappa shape index (κ3) is 3.79. The lowest BCUT2D eigenvalue weighted by Gasteiger charge is -2.10. The summed E-state index contributed by atoms with van der Waals surface area (Å²) in [5, 5.41) is 6.41. The Morgan fingerprint density at radius 1 is 1.04 bits per heavy atom. The van der Waals surface area contributed by atoms with Crippen LogP contribution in [0.2, 0.25) is 5.02 Å². The van der Waals surface area contributed by atoms with E-state index in [1.807, 2.05) is 18.2 Å². The van der Waals surface area contributed by atoms with Crippen LogP contribution in [0.1, 0.15) is 10.4 Å². The molecule has 1 aromatic heterocycles. The van der Waals surface area contributed by atoms with E-state index in [4.69, 9.17) is 25.8 Å². The largest absolute Gasteiger partial charge is 0.495 e. The van der Waals surface area contributed by atoms with Gasteiger partial charge >= 0.3 is 0 Å². The minimum absolute atomic E-state index is 0.214. The van der Waals surface area contributed by atoms with Crippen LogP contribution in [-0.4, -0.2) is 24.8 Å². The number of anilines is 3. The van der Waals surface area contributed by atoms with E-state index < -0.39 is 0 Å². The third-order valence-corrected chi connectivity index (χ3v) is 4.37. The van der Waals surface area contributed by atoms with Crippen LogP contribution in [0.25, 0.3) is 0 Å². The second-order valence-corrected chi connectivity index (χ2v) is 6.37. The Hall–Kier alpha value is -3.45. The van der Waals surface area contributed by atoms with Crippen molar-refractivity contribution < 1.29 is 19.0 Å². The highest BCUT2D eigenvalue weighted by Crippen LogP contribution is 2.35. The average Bonchev–Trinajstić information content (AvgIpc) is 3.16. The number of amides is 1. The molecular formula is C20H16ClN3O4. The van der Waals surface area contributed by atoms with Gasteiger partial charge in [-0.1, -0.05) is 11.6 Å². The quantitative estimate of drug-likeness (QED) is 0.661. The van der Waals surface area contributed by atoms with Gasteiger partial charge in [-0.25, -0.2) is 0 Å². The molecule has 0 atom stereocenters. The van der Waals surface area contributed by atoms with E-state index in [0.29, 0.717) is 39.2 Å². The van der Waals surface area contributed by atoms with Crippen molar-refractivity contribution in [3.8, 4) is 17.2 Å². The van der Waals surface area contributed by atoms with Gasteiger partial charge in [-0.2, -0.15) is 0 Å². The van der Waals surface area contributed by atoms with Crippen molar-refractivity contribution in [1.82, 2.24) is 4.98 Å². The summed E-state index contributed by atoms with van der Waals surface area (Å²) >= 11 is 6.10. The van der Waals surface area contributed by atoms with Gasteiger partial charge in [0.05, 0.1) is 29.6 Å². The van der Waals surface area contributed by atoms with Gasteiger partial charge in [0.15, 0.2) is 11.5 Å². The summed E-state index contributed by atoms with van der Waals surface area (Å²) in [5.74, 6) is 1.61. The number of benzene rings is 2. The minimum atomic E-state index is -0.303. The predicted octanol–water partition coefficient (Wildman–Crippen LogP) is 4.47. The monoisotopic (exact) mass is 397 g/mol. The number of ether oxygens (including phenoxy) is 3. The molecule has 2 N–H and O–H groups in total. The topological polar surface area (TPSA) is 81.7 Å². The Morgan fingerprint density at radius 3 is 2.68 bits per heavy atom. The molecule has 0 bridgehead atoms. The van der Waals surface area contributed by atoms with Crippen LogP contribution in [0.4, 0.5) is 17.1 Å². The van der Waals surface area contributed by atoms with Crippen LogP contribution < -0.4 is 24.8 Å². The normalized spacial score (nSPS) is 11.8. The molecule has 0 unspecified atom stereocenters. The van der Waals surface area contributed by atoms with Crippen molar-refractivity contribution in [2.45, 2.75) is 0 Å². The van der Waals surface area contributed by atoms with Gasteiger partial charge in [-0.3, -0.25) is 9.78 Å². The molecule has 3 aromatic rings. The van der Waals surface area contributed by atoms with Gasteiger partial charge in [0.25, 0.3) is 5.91 Å². The highest BCUT2D eigenvalue weighted by Gasteiger charge is 2.14. The number of nitrogens with one attached hydrogen (secondary N) is 2. The summed E-state index contributed by atoms with van der Waals surface area (Å²) in [4.78, 5) is 16.7. The smallest absolute Gasteiger partial charge is 0.257 e. The SMILES string of the molecule is COc1ccc(NC(=O)c2cncc(Nc3ccc4c(c3)OCO4)c2)cc1Cl. The minimum Gasteiger partial charge on any atom is -0.495 e. The number of hydrogen-bond donors (Lipinski definition) is 2. The molecule has 2 heterocycles. The molecule has 0 fully saturated rings. The molecule has 4 rings (SSSR count). The fourth-order valence-corrected chi connectivity index (χ4v) is 2.98. The van der Waals surface area contributed by atoms with Crippen molar-refractivity contribution in [2.75, 3.05) is 24.5 Å². The van der Waals surface area contributed by atoms with Crippen molar-refractivity contribution >= 4 is 34.6 Å². The highest BCUT2D eigenvalue weighted by molar-refractivity contribution is 6.32. The average molecular weight is 398 g/mol. The number of rotatable bonds is 5. The van der Waals surface area contributed by atoms with E-state index in [0.717, 1.165) is 5.69 Å². The van der Waals surface area contributed by atoms with Crippen LogP contribution in [0, 0.1) is 0 Å². The Kier molecular flexibility index (Phi) is 4.90. The van der Waals surface area contributed by atoms with Gasteiger partial charge in [0.2, 0.25) is 6.79 Å². The number of methoxy groups -OCH3 is 1. The Morgan fingerprint density at radius 2 is 1.86 bits per heavy atom. The van der Waals surface area contributed by atoms with E-state index >= 15 is 0 Å². The van der Waals surface area contributed by atoms with E-state index in [-0.39, 0.29) is 12.7 Å². The molecule has 1 aliphatic rings. The Labute approximate surface area is 166 Å². The van der Waals surface area contributed by atoms with E-state index in [1.165, 1.54) is 13.3 Å². The molecule has 0 saturated carbocycles. The first-order valence-electron chi connectivity index (χ1n) is 8.39. The van der Waals surface area contributed by atoms with Gasteiger partial charge < -0.3 is 24.8 Å². The maximum Gasteiger partial charge on any atom is 0.257 e. The first-order valence-corrected chi connectivity index (χ1v) is 8.77.